The molecule has 1 aliphatic rings. The van der Waals surface area contributed by atoms with Crippen LogP contribution >= 0.6 is 46.6 Å². The molecule has 0 N–H and O–H groups in total. The zero-order chi connectivity index (χ0) is 24.9. The maximum Gasteiger partial charge on any atom is 0.266 e. The molecule has 0 saturated carbocycles. The van der Waals surface area contributed by atoms with Crippen molar-refractivity contribution in [1.29, 1.82) is 0 Å². The van der Waals surface area contributed by atoms with Crippen molar-refractivity contribution in [1.82, 2.24) is 4.90 Å². The Bertz CT molecular complexity index is 1270. The minimum Gasteiger partial charge on any atom is -0.486 e. The van der Waals surface area contributed by atoms with Gasteiger partial charge in [-0.05, 0) is 78.7 Å². The molecule has 180 valence electrons. The third-order valence-corrected chi connectivity index (χ3v) is 7.03. The lowest BCUT2D eigenvalue weighted by Crippen LogP contribution is -2.29. The van der Waals surface area contributed by atoms with Crippen molar-refractivity contribution < 1.29 is 9.53 Å². The number of rotatable bonds is 7. The maximum atomic E-state index is 13.1. The zero-order valence-corrected chi connectivity index (χ0v) is 22.3. The predicted octanol–water partition coefficient (Wildman–Crippen LogP) is 8.55. The Labute approximate surface area is 224 Å². The number of hydrogen-bond acceptors (Lipinski definition) is 4. The molecular formula is C27H23Cl3N2O2S. The molecular weight excluding hydrogens is 523 g/mol. The molecule has 0 spiro atoms. The summed E-state index contributed by atoms with van der Waals surface area (Å²) in [6.07, 6.45) is 2.59. The van der Waals surface area contributed by atoms with E-state index in [1.807, 2.05) is 50.2 Å². The van der Waals surface area contributed by atoms with Crippen LogP contribution in [-0.4, -0.2) is 22.5 Å². The lowest BCUT2D eigenvalue weighted by molar-refractivity contribution is -0.122. The smallest absolute Gasteiger partial charge is 0.266 e. The second kappa shape index (κ2) is 11.5. The Morgan fingerprint density at radius 2 is 1.66 bits per heavy atom. The first-order valence-corrected chi connectivity index (χ1v) is 13.0. The van der Waals surface area contributed by atoms with E-state index in [1.54, 1.807) is 35.2 Å². The summed E-state index contributed by atoms with van der Waals surface area (Å²) in [6, 6.07) is 18.7. The van der Waals surface area contributed by atoms with E-state index in [0.29, 0.717) is 49.6 Å². The van der Waals surface area contributed by atoms with Gasteiger partial charge in [0.1, 0.15) is 6.61 Å². The first kappa shape index (κ1) is 25.6. The molecule has 1 fully saturated rings. The first-order chi connectivity index (χ1) is 16.8. The minimum atomic E-state index is -0.100. The highest BCUT2D eigenvalue weighted by atomic mass is 35.5. The second-order valence-electron chi connectivity index (χ2n) is 8.03. The van der Waals surface area contributed by atoms with Crippen LogP contribution in [0.4, 0.5) is 5.69 Å². The highest BCUT2D eigenvalue weighted by molar-refractivity contribution is 8.18. The van der Waals surface area contributed by atoms with Crippen molar-refractivity contribution in [2.45, 2.75) is 26.9 Å². The van der Waals surface area contributed by atoms with Crippen molar-refractivity contribution in [3.05, 3.63) is 97.3 Å². The molecule has 0 atom stereocenters. The van der Waals surface area contributed by atoms with E-state index in [4.69, 9.17) is 39.5 Å². The first-order valence-electron chi connectivity index (χ1n) is 11.1. The van der Waals surface area contributed by atoms with Crippen molar-refractivity contribution in [2.75, 3.05) is 6.54 Å². The van der Waals surface area contributed by atoms with Crippen LogP contribution in [0.1, 0.15) is 30.0 Å². The number of hydrogen-bond donors (Lipinski definition) is 0. The topological polar surface area (TPSA) is 41.9 Å². The fourth-order valence-corrected chi connectivity index (χ4v) is 5.19. The SMILES string of the molecule is CCCN1C(=O)/C(=C/c2cc(Cl)c(OCc3ccc(C)cc3)c(Cl)c2)SC1=Nc1ccc(Cl)cc1. The molecule has 1 aliphatic heterocycles. The number of halogens is 3. The number of aliphatic imine (C=N–C) groups is 1. The van der Waals surface area contributed by atoms with E-state index < -0.39 is 0 Å². The molecule has 0 radical (unpaired) electrons. The quantitative estimate of drug-likeness (QED) is 0.279. The number of carbonyl (C=O) groups is 1. The number of nitrogens with zero attached hydrogens (tertiary/aromatic N) is 2. The van der Waals surface area contributed by atoms with Gasteiger partial charge in [0.2, 0.25) is 0 Å². The molecule has 1 saturated heterocycles. The Hall–Kier alpha value is -2.44. The van der Waals surface area contributed by atoms with Gasteiger partial charge in [-0.3, -0.25) is 9.69 Å². The second-order valence-corrected chi connectivity index (χ2v) is 10.3. The van der Waals surface area contributed by atoms with Gasteiger partial charge in [-0.25, -0.2) is 4.99 Å². The summed E-state index contributed by atoms with van der Waals surface area (Å²) >= 11 is 20.3. The molecule has 4 nitrogen and oxygen atoms in total. The predicted molar refractivity (Wildman–Crippen MR) is 148 cm³/mol. The van der Waals surface area contributed by atoms with Crippen LogP contribution in [0.25, 0.3) is 6.08 Å². The van der Waals surface area contributed by atoms with Crippen LogP contribution in [0.5, 0.6) is 5.75 Å². The largest absolute Gasteiger partial charge is 0.486 e. The normalized spacial score (nSPS) is 15.9. The molecule has 4 rings (SSSR count). The molecule has 0 aliphatic carbocycles. The number of ether oxygens (including phenoxy) is 1. The van der Waals surface area contributed by atoms with Crippen LogP contribution in [0.15, 0.2) is 70.6 Å². The third kappa shape index (κ3) is 6.42. The van der Waals surface area contributed by atoms with E-state index in [9.17, 15) is 4.79 Å². The summed E-state index contributed by atoms with van der Waals surface area (Å²) in [5, 5.41) is 2.02. The van der Waals surface area contributed by atoms with Crippen molar-refractivity contribution in [2.24, 2.45) is 4.99 Å². The summed E-state index contributed by atoms with van der Waals surface area (Å²) in [7, 11) is 0. The molecule has 3 aromatic rings. The molecule has 3 aromatic carbocycles. The van der Waals surface area contributed by atoms with E-state index in [1.165, 1.54) is 17.3 Å². The fourth-order valence-electron chi connectivity index (χ4n) is 3.43. The van der Waals surface area contributed by atoms with Gasteiger partial charge >= 0.3 is 0 Å². The Kier molecular flexibility index (Phi) is 8.45. The van der Waals surface area contributed by atoms with Crippen LogP contribution in [0, 0.1) is 6.92 Å². The number of benzene rings is 3. The molecule has 0 aromatic heterocycles. The number of amides is 1. The van der Waals surface area contributed by atoms with Gasteiger partial charge in [-0.2, -0.15) is 0 Å². The third-order valence-electron chi connectivity index (χ3n) is 5.21. The van der Waals surface area contributed by atoms with Gasteiger partial charge in [-0.1, -0.05) is 71.6 Å². The van der Waals surface area contributed by atoms with Crippen molar-refractivity contribution >= 4 is 69.4 Å². The Balaban J connectivity index is 1.56. The molecule has 1 amide bonds. The maximum absolute atomic E-state index is 13.1. The Morgan fingerprint density at radius 1 is 1.00 bits per heavy atom. The Morgan fingerprint density at radius 3 is 2.29 bits per heavy atom. The van der Waals surface area contributed by atoms with Gasteiger partial charge < -0.3 is 4.74 Å². The van der Waals surface area contributed by atoms with Gasteiger partial charge in [0.25, 0.3) is 5.91 Å². The number of carbonyl (C=O) groups excluding carboxylic acids is 1. The fraction of sp³-hybridized carbons (Fsp3) is 0.185. The average Bonchev–Trinajstić information content (AvgIpc) is 3.10. The zero-order valence-electron chi connectivity index (χ0n) is 19.2. The summed E-state index contributed by atoms with van der Waals surface area (Å²) in [4.78, 5) is 20.0. The monoisotopic (exact) mass is 544 g/mol. The van der Waals surface area contributed by atoms with E-state index in [2.05, 4.69) is 4.99 Å². The highest BCUT2D eigenvalue weighted by Gasteiger charge is 2.32. The lowest BCUT2D eigenvalue weighted by Gasteiger charge is -2.14. The van der Waals surface area contributed by atoms with Crippen LogP contribution in [0.2, 0.25) is 15.1 Å². The number of thioether (sulfide) groups is 1. The summed E-state index contributed by atoms with van der Waals surface area (Å²) in [5.74, 6) is 0.315. The number of aryl methyl sites for hydroxylation is 1. The molecule has 0 unspecified atom stereocenters. The van der Waals surface area contributed by atoms with Crippen LogP contribution in [-0.2, 0) is 11.4 Å². The van der Waals surface area contributed by atoms with Gasteiger partial charge in [0.15, 0.2) is 10.9 Å². The molecule has 8 heteroatoms. The van der Waals surface area contributed by atoms with Gasteiger partial charge in [0.05, 0.1) is 20.6 Å². The van der Waals surface area contributed by atoms with Crippen molar-refractivity contribution in [3.8, 4) is 5.75 Å². The van der Waals surface area contributed by atoms with E-state index in [-0.39, 0.29) is 5.91 Å². The van der Waals surface area contributed by atoms with Crippen molar-refractivity contribution in [3.63, 3.8) is 0 Å². The standard InChI is InChI=1S/C27H23Cl3N2O2S/c1-3-12-32-26(33)24(35-27(32)31-21-10-8-20(28)9-11-21)15-19-13-22(29)25(23(30)14-19)34-16-18-6-4-17(2)5-7-18/h4-11,13-15H,3,12,16H2,1-2H3/b24-15-,31-27?. The van der Waals surface area contributed by atoms with Crippen LogP contribution < -0.4 is 4.74 Å². The molecule has 35 heavy (non-hydrogen) atoms. The number of amidine groups is 1. The molecule has 1 heterocycles. The van der Waals surface area contributed by atoms with Gasteiger partial charge in [0, 0.05) is 11.6 Å². The average molecular weight is 546 g/mol. The summed E-state index contributed by atoms with van der Waals surface area (Å²) < 4.78 is 5.89. The van der Waals surface area contributed by atoms with Gasteiger partial charge in [-0.15, -0.1) is 0 Å². The summed E-state index contributed by atoms with van der Waals surface area (Å²) in [5.41, 5.74) is 3.64. The van der Waals surface area contributed by atoms with E-state index >= 15 is 0 Å². The van der Waals surface area contributed by atoms with Crippen LogP contribution in [0.3, 0.4) is 0 Å². The van der Waals surface area contributed by atoms with E-state index in [0.717, 1.165) is 17.7 Å². The molecule has 0 bridgehead atoms. The highest BCUT2D eigenvalue weighted by Crippen LogP contribution is 2.38. The minimum absolute atomic E-state index is 0.100. The summed E-state index contributed by atoms with van der Waals surface area (Å²) in [6.45, 7) is 4.98. The lowest BCUT2D eigenvalue weighted by atomic mass is 10.1.